The zero-order valence-electron chi connectivity index (χ0n) is 11.4. The molecular formula is C15H13ClF3NO. The molecule has 0 aromatic heterocycles. The molecule has 0 amide bonds. The molecule has 0 spiro atoms. The Morgan fingerprint density at radius 1 is 1.00 bits per heavy atom. The molecule has 2 nitrogen and oxygen atoms in total. The van der Waals surface area contributed by atoms with E-state index in [1.807, 2.05) is 25.1 Å². The molecule has 0 heterocycles. The lowest BCUT2D eigenvalue weighted by atomic mass is 10.0. The zero-order chi connectivity index (χ0) is 15.6. The minimum Gasteiger partial charge on any atom is -0.406 e. The minimum atomic E-state index is -4.70. The van der Waals surface area contributed by atoms with Crippen LogP contribution in [0.5, 0.6) is 5.75 Å². The minimum absolute atomic E-state index is 0.249. The van der Waals surface area contributed by atoms with Crippen LogP contribution in [-0.4, -0.2) is 20.5 Å². The highest BCUT2D eigenvalue weighted by Gasteiger charge is 2.31. The number of ether oxygens (including phenoxy) is 1. The third kappa shape index (κ3) is 4.04. The molecule has 0 aliphatic carbocycles. The molecule has 2 aromatic carbocycles. The quantitative estimate of drug-likeness (QED) is 0.792. The highest BCUT2D eigenvalue weighted by molar-refractivity contribution is 6.33. The van der Waals surface area contributed by atoms with Gasteiger partial charge in [-0.1, -0.05) is 29.8 Å². The first-order chi connectivity index (χ1) is 9.76. The van der Waals surface area contributed by atoms with Crippen LogP contribution in [0.3, 0.4) is 0 Å². The standard InChI is InChI=1S/C15H13ClF3NO/c1-20(2)14-9-11(6-7-13(14)16)10-4-3-5-12(8-10)21-15(17,18)19/h3-9H,1-2H3. The van der Waals surface area contributed by atoms with E-state index in [-0.39, 0.29) is 5.75 Å². The van der Waals surface area contributed by atoms with E-state index >= 15 is 0 Å². The van der Waals surface area contributed by atoms with E-state index in [1.165, 1.54) is 18.2 Å². The van der Waals surface area contributed by atoms with Crippen molar-refractivity contribution < 1.29 is 17.9 Å². The smallest absolute Gasteiger partial charge is 0.406 e. The molecule has 0 atom stereocenters. The Labute approximate surface area is 125 Å². The van der Waals surface area contributed by atoms with Gasteiger partial charge in [-0.05, 0) is 35.4 Å². The summed E-state index contributed by atoms with van der Waals surface area (Å²) in [7, 11) is 3.68. The van der Waals surface area contributed by atoms with Gasteiger partial charge in [-0.2, -0.15) is 0 Å². The van der Waals surface area contributed by atoms with Crippen LogP contribution in [0.4, 0.5) is 18.9 Å². The molecule has 0 unspecified atom stereocenters. The first kappa shape index (κ1) is 15.5. The van der Waals surface area contributed by atoms with E-state index in [0.717, 1.165) is 11.3 Å². The number of anilines is 1. The molecule has 2 aromatic rings. The van der Waals surface area contributed by atoms with Crippen molar-refractivity contribution in [2.75, 3.05) is 19.0 Å². The predicted molar refractivity (Wildman–Crippen MR) is 77.9 cm³/mol. The lowest BCUT2D eigenvalue weighted by Gasteiger charge is -2.16. The first-order valence-corrected chi connectivity index (χ1v) is 6.47. The van der Waals surface area contributed by atoms with Gasteiger partial charge in [-0.3, -0.25) is 0 Å². The summed E-state index contributed by atoms with van der Waals surface area (Å²) in [5, 5.41) is 0.575. The van der Waals surface area contributed by atoms with E-state index in [2.05, 4.69) is 4.74 Å². The number of benzene rings is 2. The van der Waals surface area contributed by atoms with Crippen molar-refractivity contribution in [3.05, 3.63) is 47.5 Å². The Bertz CT molecular complexity index is 641. The number of halogens is 4. The summed E-state index contributed by atoms with van der Waals surface area (Å²) in [6.45, 7) is 0. The maximum Gasteiger partial charge on any atom is 0.573 e. The Morgan fingerprint density at radius 2 is 1.67 bits per heavy atom. The monoisotopic (exact) mass is 315 g/mol. The lowest BCUT2D eigenvalue weighted by Crippen LogP contribution is -2.17. The van der Waals surface area contributed by atoms with Gasteiger partial charge in [-0.15, -0.1) is 13.2 Å². The summed E-state index contributed by atoms with van der Waals surface area (Å²) in [4.78, 5) is 1.84. The number of hydrogen-bond acceptors (Lipinski definition) is 2. The Balaban J connectivity index is 2.38. The Morgan fingerprint density at radius 3 is 2.29 bits per heavy atom. The number of rotatable bonds is 3. The summed E-state index contributed by atoms with van der Waals surface area (Å²) >= 11 is 6.08. The Hall–Kier alpha value is -1.88. The summed E-state index contributed by atoms with van der Waals surface area (Å²) in [5.74, 6) is -0.249. The van der Waals surface area contributed by atoms with E-state index in [9.17, 15) is 13.2 Å². The van der Waals surface area contributed by atoms with Crippen LogP contribution in [0, 0.1) is 0 Å². The number of alkyl halides is 3. The normalized spacial score (nSPS) is 11.3. The van der Waals surface area contributed by atoms with Crippen molar-refractivity contribution in [3.8, 4) is 16.9 Å². The molecule has 2 rings (SSSR count). The van der Waals surface area contributed by atoms with Gasteiger partial charge in [0.1, 0.15) is 5.75 Å². The van der Waals surface area contributed by atoms with Crippen LogP contribution in [-0.2, 0) is 0 Å². The predicted octanol–water partition coefficient (Wildman–Crippen LogP) is 4.97. The molecule has 0 N–H and O–H groups in total. The van der Waals surface area contributed by atoms with Crippen LogP contribution in [0.1, 0.15) is 0 Å². The van der Waals surface area contributed by atoms with Crippen molar-refractivity contribution in [1.82, 2.24) is 0 Å². The van der Waals surface area contributed by atoms with Crippen LogP contribution < -0.4 is 9.64 Å². The van der Waals surface area contributed by atoms with Crippen LogP contribution in [0.25, 0.3) is 11.1 Å². The van der Waals surface area contributed by atoms with Crippen molar-refractivity contribution in [2.24, 2.45) is 0 Å². The van der Waals surface area contributed by atoms with Gasteiger partial charge < -0.3 is 9.64 Å². The fourth-order valence-corrected chi connectivity index (χ4v) is 2.19. The van der Waals surface area contributed by atoms with Crippen LogP contribution in [0.2, 0.25) is 5.02 Å². The number of nitrogens with zero attached hydrogens (tertiary/aromatic N) is 1. The molecule has 6 heteroatoms. The van der Waals surface area contributed by atoms with Crippen molar-refractivity contribution in [2.45, 2.75) is 6.36 Å². The van der Waals surface area contributed by atoms with Crippen molar-refractivity contribution >= 4 is 17.3 Å². The molecule has 0 bridgehead atoms. The molecule has 0 saturated heterocycles. The summed E-state index contributed by atoms with van der Waals surface area (Å²) in [6.07, 6.45) is -4.70. The molecule has 112 valence electrons. The summed E-state index contributed by atoms with van der Waals surface area (Å²) in [6, 6.07) is 11.1. The van der Waals surface area contributed by atoms with E-state index < -0.39 is 6.36 Å². The average Bonchev–Trinajstić information content (AvgIpc) is 2.37. The lowest BCUT2D eigenvalue weighted by molar-refractivity contribution is -0.274. The highest BCUT2D eigenvalue weighted by atomic mass is 35.5. The maximum atomic E-state index is 12.3. The molecular weight excluding hydrogens is 303 g/mol. The second-order valence-electron chi connectivity index (χ2n) is 4.64. The average molecular weight is 316 g/mol. The van der Waals surface area contributed by atoms with Gasteiger partial charge in [0.05, 0.1) is 10.7 Å². The SMILES string of the molecule is CN(C)c1cc(-c2cccc(OC(F)(F)F)c2)ccc1Cl. The van der Waals surface area contributed by atoms with Gasteiger partial charge in [0, 0.05) is 14.1 Å². The topological polar surface area (TPSA) is 12.5 Å². The molecule has 0 fully saturated rings. The van der Waals surface area contributed by atoms with Crippen LogP contribution in [0.15, 0.2) is 42.5 Å². The van der Waals surface area contributed by atoms with Crippen molar-refractivity contribution in [3.63, 3.8) is 0 Å². The first-order valence-electron chi connectivity index (χ1n) is 6.09. The van der Waals surface area contributed by atoms with E-state index in [1.54, 1.807) is 18.2 Å². The van der Waals surface area contributed by atoms with Gasteiger partial charge >= 0.3 is 6.36 Å². The highest BCUT2D eigenvalue weighted by Crippen LogP contribution is 2.32. The van der Waals surface area contributed by atoms with Gasteiger partial charge in [0.25, 0.3) is 0 Å². The van der Waals surface area contributed by atoms with E-state index in [0.29, 0.717) is 10.6 Å². The molecule has 0 aliphatic rings. The van der Waals surface area contributed by atoms with Crippen molar-refractivity contribution in [1.29, 1.82) is 0 Å². The van der Waals surface area contributed by atoms with Crippen LogP contribution >= 0.6 is 11.6 Å². The molecule has 0 aliphatic heterocycles. The summed E-state index contributed by atoms with van der Waals surface area (Å²) < 4.78 is 40.7. The second kappa shape index (κ2) is 5.85. The fourth-order valence-electron chi connectivity index (χ4n) is 1.91. The maximum absolute atomic E-state index is 12.3. The molecule has 21 heavy (non-hydrogen) atoms. The Kier molecular flexibility index (Phi) is 4.32. The number of hydrogen-bond donors (Lipinski definition) is 0. The molecule has 0 saturated carbocycles. The van der Waals surface area contributed by atoms with E-state index in [4.69, 9.17) is 11.6 Å². The van der Waals surface area contributed by atoms with Gasteiger partial charge in [0.15, 0.2) is 0 Å². The fraction of sp³-hybridized carbons (Fsp3) is 0.200. The third-order valence-electron chi connectivity index (χ3n) is 2.83. The largest absolute Gasteiger partial charge is 0.573 e. The molecule has 0 radical (unpaired) electrons. The van der Waals surface area contributed by atoms with Gasteiger partial charge in [-0.25, -0.2) is 0 Å². The second-order valence-corrected chi connectivity index (χ2v) is 5.04. The zero-order valence-corrected chi connectivity index (χ0v) is 12.2. The van der Waals surface area contributed by atoms with Gasteiger partial charge in [0.2, 0.25) is 0 Å². The summed E-state index contributed by atoms with van der Waals surface area (Å²) in [5.41, 5.74) is 2.17. The third-order valence-corrected chi connectivity index (χ3v) is 3.15.